The average Bonchev–Trinajstić information content (AvgIpc) is 2.45. The van der Waals surface area contributed by atoms with Crippen LogP contribution in [0.15, 0.2) is 0 Å². The summed E-state index contributed by atoms with van der Waals surface area (Å²) in [7, 11) is 0. The van der Waals surface area contributed by atoms with Crippen molar-refractivity contribution in [1.82, 2.24) is 0 Å². The first-order valence-electron chi connectivity index (χ1n) is 7.96. The molecule has 2 heteroatoms. The molecular weight excluding hydrogens is 224 g/mol. The zero-order valence-corrected chi connectivity index (χ0v) is 11.5. The quantitative estimate of drug-likeness (QED) is 0.760. The summed E-state index contributed by atoms with van der Waals surface area (Å²) in [6, 6.07) is 0. The third-order valence-corrected chi connectivity index (χ3v) is 5.55. The van der Waals surface area contributed by atoms with Crippen LogP contribution in [0.5, 0.6) is 0 Å². The summed E-state index contributed by atoms with van der Waals surface area (Å²) in [5.41, 5.74) is -0.0348. The summed E-state index contributed by atoms with van der Waals surface area (Å²) in [5, 5.41) is 0. The van der Waals surface area contributed by atoms with Crippen LogP contribution in [0, 0.1) is 11.3 Å². The highest BCUT2D eigenvalue weighted by molar-refractivity contribution is 5.92. The number of carbonyl (C=O) groups is 1. The summed E-state index contributed by atoms with van der Waals surface area (Å²) in [6.45, 7) is 0.916. The van der Waals surface area contributed by atoms with E-state index in [1.54, 1.807) is 0 Å². The van der Waals surface area contributed by atoms with Crippen molar-refractivity contribution >= 4 is 5.78 Å². The molecule has 0 heterocycles. The Morgan fingerprint density at radius 1 is 1.00 bits per heavy atom. The molecule has 3 rings (SSSR count). The fourth-order valence-corrected chi connectivity index (χ4v) is 4.22. The second-order valence-electron chi connectivity index (χ2n) is 6.67. The van der Waals surface area contributed by atoms with E-state index >= 15 is 0 Å². The van der Waals surface area contributed by atoms with E-state index in [-0.39, 0.29) is 11.5 Å². The minimum Gasteiger partial charge on any atom is -0.376 e. The van der Waals surface area contributed by atoms with Gasteiger partial charge in [-0.2, -0.15) is 0 Å². The predicted molar refractivity (Wildman–Crippen MR) is 71.5 cm³/mol. The van der Waals surface area contributed by atoms with Crippen LogP contribution in [-0.2, 0) is 9.53 Å². The average molecular weight is 250 g/mol. The molecule has 0 saturated heterocycles. The number of ketones is 1. The Bertz CT molecular complexity index is 298. The zero-order valence-electron chi connectivity index (χ0n) is 11.5. The largest absolute Gasteiger partial charge is 0.376 e. The van der Waals surface area contributed by atoms with Crippen molar-refractivity contribution in [3.63, 3.8) is 0 Å². The Kier molecular flexibility index (Phi) is 3.74. The van der Waals surface area contributed by atoms with Gasteiger partial charge in [0.2, 0.25) is 0 Å². The molecule has 1 atom stereocenters. The van der Waals surface area contributed by atoms with Crippen LogP contribution in [0.25, 0.3) is 0 Å². The highest BCUT2D eigenvalue weighted by atomic mass is 16.5. The maximum atomic E-state index is 12.0. The number of rotatable bonds is 3. The van der Waals surface area contributed by atoms with Crippen LogP contribution in [0.2, 0.25) is 0 Å². The number of ether oxygens (including phenoxy) is 1. The summed E-state index contributed by atoms with van der Waals surface area (Å²) in [5.74, 6) is 1.27. The summed E-state index contributed by atoms with van der Waals surface area (Å²) in [4.78, 5) is 12.0. The molecule has 18 heavy (non-hydrogen) atoms. The fourth-order valence-electron chi connectivity index (χ4n) is 4.22. The zero-order chi connectivity index (χ0) is 12.4. The molecule has 1 unspecified atom stereocenters. The molecule has 0 amide bonds. The highest BCUT2D eigenvalue weighted by Crippen LogP contribution is 2.50. The van der Waals surface area contributed by atoms with Gasteiger partial charge in [-0.3, -0.25) is 4.79 Å². The van der Waals surface area contributed by atoms with Gasteiger partial charge >= 0.3 is 0 Å². The van der Waals surface area contributed by atoms with Crippen molar-refractivity contribution in [2.45, 2.75) is 76.7 Å². The Hall–Kier alpha value is -0.370. The van der Waals surface area contributed by atoms with E-state index < -0.39 is 0 Å². The van der Waals surface area contributed by atoms with E-state index in [0.717, 1.165) is 25.4 Å². The van der Waals surface area contributed by atoms with Gasteiger partial charge in [-0.15, -0.1) is 0 Å². The van der Waals surface area contributed by atoms with Crippen LogP contribution in [0.4, 0.5) is 0 Å². The van der Waals surface area contributed by atoms with Crippen molar-refractivity contribution in [3.05, 3.63) is 0 Å². The summed E-state index contributed by atoms with van der Waals surface area (Å²) >= 11 is 0. The molecule has 1 spiro atoms. The molecule has 0 bridgehead atoms. The van der Waals surface area contributed by atoms with Crippen LogP contribution >= 0.6 is 0 Å². The number of carbonyl (C=O) groups excluding carboxylic acids is 1. The van der Waals surface area contributed by atoms with Crippen LogP contribution in [-0.4, -0.2) is 18.5 Å². The molecule has 3 aliphatic carbocycles. The minimum atomic E-state index is -0.0348. The van der Waals surface area contributed by atoms with Gasteiger partial charge in [0, 0.05) is 13.0 Å². The first-order valence-corrected chi connectivity index (χ1v) is 7.96. The molecule has 0 aromatic rings. The van der Waals surface area contributed by atoms with Crippen molar-refractivity contribution in [2.24, 2.45) is 11.3 Å². The van der Waals surface area contributed by atoms with E-state index in [1.165, 1.54) is 51.4 Å². The lowest BCUT2D eigenvalue weighted by atomic mass is 9.57. The molecule has 2 nitrogen and oxygen atoms in total. The van der Waals surface area contributed by atoms with Gasteiger partial charge < -0.3 is 4.74 Å². The molecule has 102 valence electrons. The van der Waals surface area contributed by atoms with E-state index in [1.807, 2.05) is 0 Å². The Morgan fingerprint density at radius 3 is 2.33 bits per heavy atom. The molecular formula is C16H26O2. The van der Waals surface area contributed by atoms with Crippen LogP contribution in [0.1, 0.15) is 70.6 Å². The Morgan fingerprint density at radius 2 is 1.67 bits per heavy atom. The molecule has 3 saturated carbocycles. The van der Waals surface area contributed by atoms with E-state index in [2.05, 4.69) is 0 Å². The van der Waals surface area contributed by atoms with Gasteiger partial charge in [-0.25, -0.2) is 0 Å². The first-order chi connectivity index (χ1) is 8.81. The molecule has 0 N–H and O–H groups in total. The number of hydrogen-bond acceptors (Lipinski definition) is 2. The first kappa shape index (κ1) is 12.7. The maximum absolute atomic E-state index is 12.0. The molecule has 3 fully saturated rings. The molecule has 3 aliphatic rings. The van der Waals surface area contributed by atoms with Crippen LogP contribution < -0.4 is 0 Å². The fraction of sp³-hybridized carbons (Fsp3) is 0.938. The normalized spacial score (nSPS) is 32.4. The van der Waals surface area contributed by atoms with Crippen LogP contribution in [0.3, 0.4) is 0 Å². The van der Waals surface area contributed by atoms with Crippen molar-refractivity contribution < 1.29 is 9.53 Å². The second-order valence-corrected chi connectivity index (χ2v) is 6.67. The summed E-state index contributed by atoms with van der Waals surface area (Å²) in [6.07, 6.45) is 13.8. The minimum absolute atomic E-state index is 0.0348. The van der Waals surface area contributed by atoms with Gasteiger partial charge in [0.15, 0.2) is 0 Å². The standard InChI is InChI=1S/C16H26O2/c17-14-11-15(16(14)9-5-2-6-10-16)18-12-13-7-3-1-4-8-13/h13,15H,1-12H2. The number of Topliss-reactive ketones (excluding diaryl/α,β-unsaturated/α-hetero) is 1. The predicted octanol–water partition coefficient (Wildman–Crippen LogP) is 3.88. The third-order valence-electron chi connectivity index (χ3n) is 5.55. The lowest BCUT2D eigenvalue weighted by Crippen LogP contribution is -2.56. The van der Waals surface area contributed by atoms with E-state index in [4.69, 9.17) is 4.74 Å². The Labute approximate surface area is 110 Å². The van der Waals surface area contributed by atoms with E-state index in [0.29, 0.717) is 12.2 Å². The smallest absolute Gasteiger partial charge is 0.144 e. The molecule has 0 aromatic carbocycles. The molecule has 0 radical (unpaired) electrons. The SMILES string of the molecule is O=C1CC(OCC2CCCCC2)C12CCCCC2. The van der Waals surface area contributed by atoms with Crippen molar-refractivity contribution in [1.29, 1.82) is 0 Å². The maximum Gasteiger partial charge on any atom is 0.144 e. The van der Waals surface area contributed by atoms with Crippen molar-refractivity contribution in [3.8, 4) is 0 Å². The van der Waals surface area contributed by atoms with Gasteiger partial charge in [-0.1, -0.05) is 38.5 Å². The lowest BCUT2D eigenvalue weighted by molar-refractivity contribution is -0.171. The molecule has 0 aliphatic heterocycles. The lowest BCUT2D eigenvalue weighted by Gasteiger charge is -2.50. The Balaban J connectivity index is 1.51. The third kappa shape index (κ3) is 2.24. The summed E-state index contributed by atoms with van der Waals surface area (Å²) < 4.78 is 6.16. The monoisotopic (exact) mass is 250 g/mol. The van der Waals surface area contributed by atoms with Gasteiger partial charge in [0.05, 0.1) is 11.5 Å². The van der Waals surface area contributed by atoms with E-state index in [9.17, 15) is 4.79 Å². The topological polar surface area (TPSA) is 26.3 Å². The highest BCUT2D eigenvalue weighted by Gasteiger charge is 2.55. The van der Waals surface area contributed by atoms with Gasteiger partial charge in [-0.05, 0) is 31.6 Å². The van der Waals surface area contributed by atoms with Crippen molar-refractivity contribution in [2.75, 3.05) is 6.61 Å². The number of hydrogen-bond donors (Lipinski definition) is 0. The van der Waals surface area contributed by atoms with Gasteiger partial charge in [0.25, 0.3) is 0 Å². The molecule has 0 aromatic heterocycles. The van der Waals surface area contributed by atoms with Gasteiger partial charge in [0.1, 0.15) is 5.78 Å². The second kappa shape index (κ2) is 5.32.